The lowest BCUT2D eigenvalue weighted by molar-refractivity contribution is 0.384. The molecule has 0 radical (unpaired) electrons. The van der Waals surface area contributed by atoms with Gasteiger partial charge in [0.1, 0.15) is 5.75 Å². The Morgan fingerprint density at radius 1 is 0.920 bits per heavy atom. The minimum Gasteiger partial charge on any atom is -0.497 e. The standard InChI is InChI=1S/C19H24N2O3S/c1-15-7-8-19(13-16(15)2)25(22,23)21-11-9-20(10-12-21)17-5-4-6-18(14-17)24-3/h4-8,13-14H,9-12H2,1-3H3. The average molecular weight is 360 g/mol. The highest BCUT2D eigenvalue weighted by atomic mass is 32.2. The van der Waals surface area contributed by atoms with Crippen LogP contribution in [0.5, 0.6) is 5.75 Å². The summed E-state index contributed by atoms with van der Waals surface area (Å²) in [6.45, 7) is 6.21. The molecule has 1 aliphatic heterocycles. The number of aryl methyl sites for hydroxylation is 2. The molecule has 6 heteroatoms. The van der Waals surface area contributed by atoms with Crippen molar-refractivity contribution in [3.05, 3.63) is 53.6 Å². The highest BCUT2D eigenvalue weighted by Gasteiger charge is 2.28. The van der Waals surface area contributed by atoms with E-state index in [1.54, 1.807) is 23.5 Å². The summed E-state index contributed by atoms with van der Waals surface area (Å²) in [7, 11) is -1.79. The monoisotopic (exact) mass is 360 g/mol. The largest absolute Gasteiger partial charge is 0.497 e. The number of benzene rings is 2. The maximum absolute atomic E-state index is 12.9. The summed E-state index contributed by atoms with van der Waals surface area (Å²) in [5, 5.41) is 0. The molecule has 3 rings (SSSR count). The van der Waals surface area contributed by atoms with Gasteiger partial charge in [-0.3, -0.25) is 0 Å². The highest BCUT2D eigenvalue weighted by molar-refractivity contribution is 7.89. The van der Waals surface area contributed by atoms with E-state index in [4.69, 9.17) is 4.74 Å². The van der Waals surface area contributed by atoms with Gasteiger partial charge in [-0.1, -0.05) is 12.1 Å². The fraction of sp³-hybridized carbons (Fsp3) is 0.368. The van der Waals surface area contributed by atoms with E-state index in [2.05, 4.69) is 4.90 Å². The summed E-state index contributed by atoms with van der Waals surface area (Å²) < 4.78 is 32.6. The Bertz CT molecular complexity index is 857. The Labute approximate surface area is 149 Å². The minimum absolute atomic E-state index is 0.380. The molecule has 134 valence electrons. The summed E-state index contributed by atoms with van der Waals surface area (Å²) in [5.74, 6) is 0.808. The number of methoxy groups -OCH3 is 1. The van der Waals surface area contributed by atoms with Gasteiger partial charge in [0.05, 0.1) is 12.0 Å². The lowest BCUT2D eigenvalue weighted by atomic mass is 10.1. The quantitative estimate of drug-likeness (QED) is 0.841. The van der Waals surface area contributed by atoms with Gasteiger partial charge < -0.3 is 9.64 Å². The number of sulfonamides is 1. The predicted octanol–water partition coefficient (Wildman–Crippen LogP) is 2.82. The Kier molecular flexibility index (Phi) is 5.01. The number of anilines is 1. The molecule has 1 fully saturated rings. The molecule has 1 saturated heterocycles. The van der Waals surface area contributed by atoms with Crippen molar-refractivity contribution in [1.29, 1.82) is 0 Å². The SMILES string of the molecule is COc1cccc(N2CCN(S(=O)(=O)c3ccc(C)c(C)c3)CC2)c1. The van der Waals surface area contributed by atoms with Crippen molar-refractivity contribution < 1.29 is 13.2 Å². The van der Waals surface area contributed by atoms with Crippen LogP contribution in [-0.2, 0) is 10.0 Å². The fourth-order valence-corrected chi connectivity index (χ4v) is 4.53. The topological polar surface area (TPSA) is 49.9 Å². The normalized spacial score (nSPS) is 16.0. The third-order valence-electron chi connectivity index (χ3n) is 4.77. The first kappa shape index (κ1) is 17.8. The Balaban J connectivity index is 1.73. The average Bonchev–Trinajstić information content (AvgIpc) is 2.64. The maximum Gasteiger partial charge on any atom is 0.243 e. The molecule has 25 heavy (non-hydrogen) atoms. The molecule has 0 aromatic heterocycles. The van der Waals surface area contributed by atoms with Crippen molar-refractivity contribution in [2.45, 2.75) is 18.7 Å². The van der Waals surface area contributed by atoms with Crippen molar-refractivity contribution in [3.63, 3.8) is 0 Å². The van der Waals surface area contributed by atoms with E-state index in [1.165, 1.54) is 0 Å². The fourth-order valence-electron chi connectivity index (χ4n) is 3.02. The van der Waals surface area contributed by atoms with Crippen LogP contribution in [0.1, 0.15) is 11.1 Å². The number of piperazine rings is 1. The molecule has 2 aromatic carbocycles. The number of rotatable bonds is 4. The van der Waals surface area contributed by atoms with Crippen molar-refractivity contribution in [3.8, 4) is 5.75 Å². The van der Waals surface area contributed by atoms with E-state index in [-0.39, 0.29) is 0 Å². The van der Waals surface area contributed by atoms with Crippen LogP contribution >= 0.6 is 0 Å². The van der Waals surface area contributed by atoms with E-state index in [0.29, 0.717) is 31.1 Å². The van der Waals surface area contributed by atoms with Crippen molar-refractivity contribution >= 4 is 15.7 Å². The Hall–Kier alpha value is -2.05. The van der Waals surface area contributed by atoms with Crippen molar-refractivity contribution in [2.24, 2.45) is 0 Å². The van der Waals surface area contributed by atoms with Crippen molar-refractivity contribution in [1.82, 2.24) is 4.31 Å². The zero-order chi connectivity index (χ0) is 18.0. The van der Waals surface area contributed by atoms with Gasteiger partial charge in [-0.2, -0.15) is 4.31 Å². The highest BCUT2D eigenvalue weighted by Crippen LogP contribution is 2.25. The molecule has 0 saturated carbocycles. The lowest BCUT2D eigenvalue weighted by Crippen LogP contribution is -2.48. The summed E-state index contributed by atoms with van der Waals surface area (Å²) in [6.07, 6.45) is 0. The summed E-state index contributed by atoms with van der Waals surface area (Å²) in [5.41, 5.74) is 3.15. The van der Waals surface area contributed by atoms with Gasteiger partial charge in [0, 0.05) is 37.9 Å². The molecule has 1 aliphatic rings. The number of ether oxygens (including phenoxy) is 1. The summed E-state index contributed by atoms with van der Waals surface area (Å²) in [6, 6.07) is 13.2. The molecule has 0 unspecified atom stereocenters. The second-order valence-corrected chi connectivity index (χ2v) is 8.28. The Morgan fingerprint density at radius 2 is 1.64 bits per heavy atom. The van der Waals surface area contributed by atoms with Crippen LogP contribution in [0.2, 0.25) is 0 Å². The van der Waals surface area contributed by atoms with E-state index < -0.39 is 10.0 Å². The molecule has 0 atom stereocenters. The van der Waals surface area contributed by atoms with E-state index >= 15 is 0 Å². The zero-order valence-corrected chi connectivity index (χ0v) is 15.7. The first-order valence-electron chi connectivity index (χ1n) is 8.38. The van der Waals surface area contributed by atoms with Crippen LogP contribution < -0.4 is 9.64 Å². The van der Waals surface area contributed by atoms with Crippen molar-refractivity contribution in [2.75, 3.05) is 38.2 Å². The predicted molar refractivity (Wildman–Crippen MR) is 99.9 cm³/mol. The van der Waals surface area contributed by atoms with E-state index in [9.17, 15) is 8.42 Å². The first-order chi connectivity index (χ1) is 11.9. The molecule has 1 heterocycles. The van der Waals surface area contributed by atoms with Gasteiger partial charge in [-0.25, -0.2) is 8.42 Å². The van der Waals surface area contributed by atoms with Gasteiger partial charge >= 0.3 is 0 Å². The molecular formula is C19H24N2O3S. The molecule has 0 N–H and O–H groups in total. The van der Waals surface area contributed by atoms with Crippen LogP contribution in [0.15, 0.2) is 47.4 Å². The van der Waals surface area contributed by atoms with Gasteiger partial charge in [0.25, 0.3) is 0 Å². The summed E-state index contributed by atoms with van der Waals surface area (Å²) in [4.78, 5) is 2.57. The second kappa shape index (κ2) is 7.06. The van der Waals surface area contributed by atoms with Crippen LogP contribution in [0.4, 0.5) is 5.69 Å². The molecule has 5 nitrogen and oxygen atoms in total. The molecule has 0 aliphatic carbocycles. The third kappa shape index (κ3) is 3.65. The maximum atomic E-state index is 12.9. The van der Waals surface area contributed by atoms with Gasteiger partial charge in [-0.05, 0) is 49.2 Å². The number of hydrogen-bond acceptors (Lipinski definition) is 4. The molecule has 0 bridgehead atoms. The zero-order valence-electron chi connectivity index (χ0n) is 14.9. The van der Waals surface area contributed by atoms with Gasteiger partial charge in [-0.15, -0.1) is 0 Å². The first-order valence-corrected chi connectivity index (χ1v) is 9.82. The smallest absolute Gasteiger partial charge is 0.243 e. The number of nitrogens with zero attached hydrogens (tertiary/aromatic N) is 2. The van der Waals surface area contributed by atoms with Gasteiger partial charge in [0.2, 0.25) is 10.0 Å². The second-order valence-electron chi connectivity index (χ2n) is 6.34. The minimum atomic E-state index is -3.44. The lowest BCUT2D eigenvalue weighted by Gasteiger charge is -2.35. The molecule has 0 spiro atoms. The van der Waals surface area contributed by atoms with E-state index in [1.807, 2.05) is 44.2 Å². The van der Waals surface area contributed by atoms with Crippen LogP contribution in [0, 0.1) is 13.8 Å². The Morgan fingerprint density at radius 3 is 2.28 bits per heavy atom. The molecular weight excluding hydrogens is 336 g/mol. The summed E-state index contributed by atoms with van der Waals surface area (Å²) >= 11 is 0. The van der Waals surface area contributed by atoms with Crippen LogP contribution in [0.25, 0.3) is 0 Å². The molecule has 2 aromatic rings. The van der Waals surface area contributed by atoms with E-state index in [0.717, 1.165) is 22.6 Å². The molecule has 0 amide bonds. The van der Waals surface area contributed by atoms with Crippen LogP contribution in [0.3, 0.4) is 0 Å². The third-order valence-corrected chi connectivity index (χ3v) is 6.67. The van der Waals surface area contributed by atoms with Gasteiger partial charge in [0.15, 0.2) is 0 Å². The van der Waals surface area contributed by atoms with Crippen LogP contribution in [-0.4, -0.2) is 46.0 Å². The number of hydrogen-bond donors (Lipinski definition) is 0.